The molecular weight excluding hydrogens is 312 g/mol. The number of carbonyl (C=O) groups is 3. The lowest BCUT2D eigenvalue weighted by Crippen LogP contribution is -2.32. The Morgan fingerprint density at radius 2 is 1.92 bits per heavy atom. The summed E-state index contributed by atoms with van der Waals surface area (Å²) in [5.74, 6) is -0.421. The zero-order valence-corrected chi connectivity index (χ0v) is 13.0. The summed E-state index contributed by atoms with van der Waals surface area (Å²) in [4.78, 5) is 37.1. The van der Waals surface area contributed by atoms with Crippen LogP contribution in [0.5, 0.6) is 0 Å². The van der Waals surface area contributed by atoms with Gasteiger partial charge in [-0.25, -0.2) is 0 Å². The van der Waals surface area contributed by atoms with Crippen molar-refractivity contribution in [3.63, 3.8) is 0 Å². The van der Waals surface area contributed by atoms with Crippen molar-refractivity contribution in [2.24, 2.45) is 0 Å². The second-order valence-corrected chi connectivity index (χ2v) is 5.47. The Balaban J connectivity index is 1.63. The molecule has 0 radical (unpaired) electrons. The number of aromatic nitrogens is 4. The summed E-state index contributed by atoms with van der Waals surface area (Å²) in [5.41, 5.74) is 0.859. The monoisotopic (exact) mass is 328 g/mol. The molecule has 0 aliphatic carbocycles. The highest BCUT2D eigenvalue weighted by atomic mass is 16.2. The normalized spacial score (nSPS) is 14.6. The van der Waals surface area contributed by atoms with E-state index in [1.165, 1.54) is 11.8 Å². The third kappa shape index (κ3) is 3.00. The van der Waals surface area contributed by atoms with Gasteiger partial charge in [0.15, 0.2) is 5.82 Å². The van der Waals surface area contributed by atoms with Gasteiger partial charge in [0.1, 0.15) is 0 Å². The van der Waals surface area contributed by atoms with Crippen LogP contribution in [0, 0.1) is 0 Å². The first-order chi connectivity index (χ1) is 11.6. The number of aromatic amines is 1. The van der Waals surface area contributed by atoms with Crippen molar-refractivity contribution in [2.75, 3.05) is 6.54 Å². The van der Waals surface area contributed by atoms with Crippen LogP contribution in [0.1, 0.15) is 52.3 Å². The Kier molecular flexibility index (Phi) is 4.32. The molecule has 0 saturated carbocycles. The Hall–Kier alpha value is -3.10. The molecule has 1 aromatic heterocycles. The van der Waals surface area contributed by atoms with Crippen LogP contribution in [0.4, 0.5) is 0 Å². The number of nitrogens with zero attached hydrogens (tertiary/aromatic N) is 4. The van der Waals surface area contributed by atoms with Crippen molar-refractivity contribution < 1.29 is 14.4 Å². The number of rotatable bonds is 6. The highest BCUT2D eigenvalue weighted by Gasteiger charge is 2.34. The van der Waals surface area contributed by atoms with Gasteiger partial charge < -0.3 is 5.32 Å². The second kappa shape index (κ2) is 6.57. The summed E-state index contributed by atoms with van der Waals surface area (Å²) in [6.07, 6.45) is 0.984. The molecule has 3 rings (SSSR count). The number of nitrogens with one attached hydrogen (secondary N) is 2. The van der Waals surface area contributed by atoms with Gasteiger partial charge in [-0.2, -0.15) is 5.21 Å². The fourth-order valence-corrected chi connectivity index (χ4v) is 2.72. The summed E-state index contributed by atoms with van der Waals surface area (Å²) in [6.45, 7) is 1.66. The predicted molar refractivity (Wildman–Crippen MR) is 81.8 cm³/mol. The van der Waals surface area contributed by atoms with Crippen molar-refractivity contribution in [3.8, 4) is 0 Å². The minimum atomic E-state index is -0.420. The molecule has 2 N–H and O–H groups in total. The number of imide groups is 1. The van der Waals surface area contributed by atoms with E-state index >= 15 is 0 Å². The summed E-state index contributed by atoms with van der Waals surface area (Å²) in [6, 6.07) is 6.34. The summed E-state index contributed by atoms with van der Waals surface area (Å²) >= 11 is 0. The number of carbonyl (C=O) groups excluding carboxylic acids is 3. The topological polar surface area (TPSA) is 121 Å². The average molecular weight is 328 g/mol. The van der Waals surface area contributed by atoms with Gasteiger partial charge in [0.25, 0.3) is 11.8 Å². The van der Waals surface area contributed by atoms with E-state index < -0.39 is 6.04 Å². The van der Waals surface area contributed by atoms with E-state index in [9.17, 15) is 14.4 Å². The fraction of sp³-hybridized carbons (Fsp3) is 0.333. The van der Waals surface area contributed by atoms with Crippen molar-refractivity contribution in [1.29, 1.82) is 0 Å². The van der Waals surface area contributed by atoms with E-state index in [2.05, 4.69) is 25.9 Å². The van der Waals surface area contributed by atoms with Crippen LogP contribution >= 0.6 is 0 Å². The Bertz CT molecular complexity index is 738. The van der Waals surface area contributed by atoms with Crippen molar-refractivity contribution in [3.05, 3.63) is 41.2 Å². The molecule has 0 bridgehead atoms. The Morgan fingerprint density at radius 3 is 2.46 bits per heavy atom. The predicted octanol–water partition coefficient (Wildman–Crippen LogP) is 0.453. The van der Waals surface area contributed by atoms with Gasteiger partial charge in [-0.05, 0) is 25.0 Å². The third-order valence-electron chi connectivity index (χ3n) is 3.80. The SMILES string of the molecule is CC(=O)N[C@@H](CCCN1C(=O)c2ccccc2C1=O)c1nn[nH]n1. The van der Waals surface area contributed by atoms with Gasteiger partial charge in [0.2, 0.25) is 5.91 Å². The first-order valence-corrected chi connectivity index (χ1v) is 7.53. The largest absolute Gasteiger partial charge is 0.346 e. The standard InChI is InChI=1S/C15H16N6O3/c1-9(22)16-12(13-17-19-20-18-13)7-4-8-21-14(23)10-5-2-3-6-11(10)15(21)24/h2-3,5-6,12H,4,7-8H2,1H3,(H,16,22)(H,17,18,19,20)/t12-/m0/s1. The second-order valence-electron chi connectivity index (χ2n) is 5.47. The van der Waals surface area contributed by atoms with E-state index in [1.807, 2.05) is 0 Å². The maximum Gasteiger partial charge on any atom is 0.261 e. The van der Waals surface area contributed by atoms with Crippen molar-refractivity contribution in [2.45, 2.75) is 25.8 Å². The molecular formula is C15H16N6O3. The number of hydrogen-bond acceptors (Lipinski definition) is 6. The maximum atomic E-state index is 12.3. The molecule has 9 nitrogen and oxygen atoms in total. The molecule has 0 unspecified atom stereocenters. The molecule has 2 heterocycles. The Morgan fingerprint density at radius 1 is 1.25 bits per heavy atom. The third-order valence-corrected chi connectivity index (χ3v) is 3.80. The van der Waals surface area contributed by atoms with E-state index in [1.54, 1.807) is 24.3 Å². The molecule has 1 aromatic carbocycles. The lowest BCUT2D eigenvalue weighted by atomic mass is 10.1. The number of H-pyrrole nitrogens is 1. The van der Waals surface area contributed by atoms with Crippen molar-refractivity contribution >= 4 is 17.7 Å². The first-order valence-electron chi connectivity index (χ1n) is 7.53. The molecule has 24 heavy (non-hydrogen) atoms. The van der Waals surface area contributed by atoms with Gasteiger partial charge in [-0.15, -0.1) is 10.2 Å². The number of tetrazole rings is 1. The lowest BCUT2D eigenvalue weighted by molar-refractivity contribution is -0.119. The van der Waals surface area contributed by atoms with Gasteiger partial charge in [0.05, 0.1) is 17.2 Å². The highest BCUT2D eigenvalue weighted by Crippen LogP contribution is 2.23. The number of amides is 3. The van der Waals surface area contributed by atoms with Crippen LogP contribution in [-0.4, -0.2) is 49.8 Å². The minimum absolute atomic E-state index is 0.217. The van der Waals surface area contributed by atoms with Gasteiger partial charge in [0, 0.05) is 13.5 Å². The molecule has 1 aliphatic rings. The quantitative estimate of drug-likeness (QED) is 0.743. The lowest BCUT2D eigenvalue weighted by Gasteiger charge is -2.17. The molecule has 9 heteroatoms. The molecule has 0 fully saturated rings. The van der Waals surface area contributed by atoms with Gasteiger partial charge in [-0.3, -0.25) is 19.3 Å². The number of benzene rings is 1. The molecule has 124 valence electrons. The highest BCUT2D eigenvalue weighted by molar-refractivity contribution is 6.21. The summed E-state index contributed by atoms with van der Waals surface area (Å²) in [7, 11) is 0. The van der Waals surface area contributed by atoms with E-state index in [0.29, 0.717) is 29.8 Å². The molecule has 0 saturated heterocycles. The van der Waals surface area contributed by atoms with Gasteiger partial charge in [-0.1, -0.05) is 17.3 Å². The van der Waals surface area contributed by atoms with Crippen molar-refractivity contribution in [1.82, 2.24) is 30.8 Å². The number of hydrogen-bond donors (Lipinski definition) is 2. The smallest absolute Gasteiger partial charge is 0.261 e. The maximum absolute atomic E-state index is 12.3. The zero-order valence-electron chi connectivity index (χ0n) is 13.0. The summed E-state index contributed by atoms with van der Waals surface area (Å²) in [5, 5.41) is 16.3. The van der Waals surface area contributed by atoms with E-state index in [-0.39, 0.29) is 24.3 Å². The fourth-order valence-electron chi connectivity index (χ4n) is 2.72. The van der Waals surface area contributed by atoms with Crippen LogP contribution in [0.2, 0.25) is 0 Å². The molecule has 1 atom stereocenters. The molecule has 1 aliphatic heterocycles. The summed E-state index contributed by atoms with van der Waals surface area (Å²) < 4.78 is 0. The average Bonchev–Trinajstić information content (AvgIpc) is 3.17. The van der Waals surface area contributed by atoms with E-state index in [4.69, 9.17) is 0 Å². The molecule has 3 amide bonds. The van der Waals surface area contributed by atoms with Crippen LogP contribution in [0.25, 0.3) is 0 Å². The van der Waals surface area contributed by atoms with Crippen LogP contribution in [0.15, 0.2) is 24.3 Å². The van der Waals surface area contributed by atoms with Crippen LogP contribution < -0.4 is 5.32 Å². The van der Waals surface area contributed by atoms with Crippen LogP contribution in [-0.2, 0) is 4.79 Å². The zero-order chi connectivity index (χ0) is 17.1. The molecule has 0 spiro atoms. The van der Waals surface area contributed by atoms with Crippen LogP contribution in [0.3, 0.4) is 0 Å². The minimum Gasteiger partial charge on any atom is -0.346 e. The van der Waals surface area contributed by atoms with E-state index in [0.717, 1.165) is 0 Å². The first kappa shape index (κ1) is 15.8. The molecule has 2 aromatic rings. The number of fused-ring (bicyclic) bond motifs is 1. The Labute approximate surface area is 137 Å². The van der Waals surface area contributed by atoms with Gasteiger partial charge >= 0.3 is 0 Å².